The summed E-state index contributed by atoms with van der Waals surface area (Å²) in [5.74, 6) is 0.160. The number of carbonyl (C=O) groups is 1. The van der Waals surface area contributed by atoms with Gasteiger partial charge in [0.2, 0.25) is 0 Å². The smallest absolute Gasteiger partial charge is 0.278 e. The van der Waals surface area contributed by atoms with Crippen LogP contribution in [0.2, 0.25) is 0 Å². The molecule has 4 rings (SSSR count). The molecule has 0 bridgehead atoms. The molecule has 1 aliphatic carbocycles. The van der Waals surface area contributed by atoms with E-state index in [1.54, 1.807) is 4.68 Å². The van der Waals surface area contributed by atoms with Gasteiger partial charge in [0.25, 0.3) is 5.91 Å². The number of nitrogens with one attached hydrogen (secondary N) is 1. The van der Waals surface area contributed by atoms with E-state index < -0.39 is 0 Å². The molecule has 1 aliphatic rings. The van der Waals surface area contributed by atoms with Crippen molar-refractivity contribution in [2.45, 2.75) is 32.6 Å². The van der Waals surface area contributed by atoms with Gasteiger partial charge in [-0.15, -0.1) is 5.10 Å². The van der Waals surface area contributed by atoms with Crippen molar-refractivity contribution in [2.75, 3.05) is 5.32 Å². The van der Waals surface area contributed by atoms with E-state index in [9.17, 15) is 4.79 Å². The van der Waals surface area contributed by atoms with Crippen LogP contribution in [0.5, 0.6) is 0 Å². The second kappa shape index (κ2) is 6.16. The summed E-state index contributed by atoms with van der Waals surface area (Å²) in [4.78, 5) is 12.8. The van der Waals surface area contributed by atoms with Crippen LogP contribution in [0.15, 0.2) is 48.5 Å². The number of rotatable bonds is 4. The van der Waals surface area contributed by atoms with Crippen LogP contribution in [0.1, 0.15) is 46.1 Å². The normalized spacial score (nSPS) is 13.7. The van der Waals surface area contributed by atoms with Gasteiger partial charge in [-0.1, -0.05) is 35.5 Å². The number of aromatic nitrogens is 3. The summed E-state index contributed by atoms with van der Waals surface area (Å²) >= 11 is 0. The lowest BCUT2D eigenvalue weighted by Gasteiger charge is -2.10. The number of anilines is 1. The van der Waals surface area contributed by atoms with Crippen LogP contribution in [-0.2, 0) is 0 Å². The minimum atomic E-state index is -0.196. The molecule has 3 aromatic rings. The van der Waals surface area contributed by atoms with E-state index in [2.05, 4.69) is 15.6 Å². The van der Waals surface area contributed by atoms with Crippen molar-refractivity contribution in [1.82, 2.24) is 15.0 Å². The zero-order chi connectivity index (χ0) is 17.4. The van der Waals surface area contributed by atoms with Crippen molar-refractivity contribution in [1.29, 1.82) is 0 Å². The second-order valence-electron chi connectivity index (χ2n) is 6.62. The molecule has 5 nitrogen and oxygen atoms in total. The minimum absolute atomic E-state index is 0.196. The van der Waals surface area contributed by atoms with Gasteiger partial charge in [-0.25, -0.2) is 4.68 Å². The van der Waals surface area contributed by atoms with Crippen molar-refractivity contribution in [3.05, 3.63) is 71.0 Å². The monoisotopic (exact) mass is 332 g/mol. The predicted molar refractivity (Wildman–Crippen MR) is 97.2 cm³/mol. The Kier molecular flexibility index (Phi) is 3.84. The number of carbonyl (C=O) groups excluding carboxylic acids is 1. The number of para-hydroxylation sites is 1. The van der Waals surface area contributed by atoms with Gasteiger partial charge in [-0.3, -0.25) is 4.79 Å². The summed E-state index contributed by atoms with van der Waals surface area (Å²) in [6.45, 7) is 3.99. The van der Waals surface area contributed by atoms with E-state index in [0.29, 0.717) is 11.6 Å². The highest BCUT2D eigenvalue weighted by molar-refractivity contribution is 6.04. The molecule has 5 heteroatoms. The maximum absolute atomic E-state index is 12.8. The van der Waals surface area contributed by atoms with Crippen molar-refractivity contribution >= 4 is 11.6 Å². The standard InChI is InChI=1S/C20H20N4O/c1-13-8-9-14(2)17(12-13)21-20(25)18-19(15-10-11-15)24(23-22-18)16-6-4-3-5-7-16/h3-9,12,15H,10-11H2,1-2H3,(H,21,25). The Morgan fingerprint density at radius 3 is 2.60 bits per heavy atom. The zero-order valence-electron chi connectivity index (χ0n) is 14.4. The van der Waals surface area contributed by atoms with E-state index in [1.165, 1.54) is 0 Å². The van der Waals surface area contributed by atoms with Gasteiger partial charge in [0.15, 0.2) is 5.69 Å². The molecule has 1 N–H and O–H groups in total. The Morgan fingerprint density at radius 2 is 1.88 bits per heavy atom. The van der Waals surface area contributed by atoms with Gasteiger partial charge >= 0.3 is 0 Å². The molecule has 2 aromatic carbocycles. The maximum Gasteiger partial charge on any atom is 0.278 e. The van der Waals surface area contributed by atoms with Crippen LogP contribution in [0.4, 0.5) is 5.69 Å². The van der Waals surface area contributed by atoms with Crippen LogP contribution in [0, 0.1) is 13.8 Å². The average molecular weight is 332 g/mol. The number of hydrogen-bond acceptors (Lipinski definition) is 3. The molecule has 0 atom stereocenters. The predicted octanol–water partition coefficient (Wildman–Crippen LogP) is 4.01. The first-order chi connectivity index (χ1) is 12.1. The van der Waals surface area contributed by atoms with Gasteiger partial charge in [0.1, 0.15) is 0 Å². The molecule has 0 aliphatic heterocycles. The van der Waals surface area contributed by atoms with Gasteiger partial charge in [0.05, 0.1) is 11.4 Å². The van der Waals surface area contributed by atoms with E-state index >= 15 is 0 Å². The van der Waals surface area contributed by atoms with Crippen LogP contribution >= 0.6 is 0 Å². The molecule has 1 fully saturated rings. The largest absolute Gasteiger partial charge is 0.320 e. The fourth-order valence-electron chi connectivity index (χ4n) is 2.99. The van der Waals surface area contributed by atoms with Gasteiger partial charge in [-0.2, -0.15) is 0 Å². The van der Waals surface area contributed by atoms with E-state index in [1.807, 2.05) is 62.4 Å². The Labute approximate surface area is 146 Å². The zero-order valence-corrected chi connectivity index (χ0v) is 14.4. The van der Waals surface area contributed by atoms with E-state index in [-0.39, 0.29) is 5.91 Å². The Bertz CT molecular complexity index is 926. The van der Waals surface area contributed by atoms with Gasteiger partial charge < -0.3 is 5.32 Å². The number of nitrogens with zero attached hydrogens (tertiary/aromatic N) is 3. The summed E-state index contributed by atoms with van der Waals surface area (Å²) in [7, 11) is 0. The highest BCUT2D eigenvalue weighted by Crippen LogP contribution is 2.42. The minimum Gasteiger partial charge on any atom is -0.320 e. The third kappa shape index (κ3) is 3.05. The molecule has 126 valence electrons. The van der Waals surface area contributed by atoms with E-state index in [0.717, 1.165) is 41.0 Å². The highest BCUT2D eigenvalue weighted by atomic mass is 16.2. The molecule has 0 unspecified atom stereocenters. The third-order valence-electron chi connectivity index (χ3n) is 4.53. The SMILES string of the molecule is Cc1ccc(C)c(NC(=O)c2nnn(-c3ccccc3)c2C2CC2)c1. The third-order valence-corrected chi connectivity index (χ3v) is 4.53. The summed E-state index contributed by atoms with van der Waals surface area (Å²) < 4.78 is 1.80. The van der Waals surface area contributed by atoms with Gasteiger partial charge in [-0.05, 0) is 56.0 Å². The molecule has 0 spiro atoms. The number of aryl methyl sites for hydroxylation is 2. The Hall–Kier alpha value is -2.95. The molecule has 1 saturated carbocycles. The lowest BCUT2D eigenvalue weighted by Crippen LogP contribution is -2.16. The van der Waals surface area contributed by atoms with Crippen LogP contribution < -0.4 is 5.32 Å². The summed E-state index contributed by atoms with van der Waals surface area (Å²) in [6, 6.07) is 15.9. The highest BCUT2D eigenvalue weighted by Gasteiger charge is 2.34. The topological polar surface area (TPSA) is 59.8 Å². The first kappa shape index (κ1) is 15.6. The quantitative estimate of drug-likeness (QED) is 0.785. The second-order valence-corrected chi connectivity index (χ2v) is 6.62. The molecule has 1 amide bonds. The average Bonchev–Trinajstić information content (AvgIpc) is 3.36. The number of benzene rings is 2. The molecule has 0 radical (unpaired) electrons. The molecular formula is C20H20N4O. The van der Waals surface area contributed by atoms with Crippen LogP contribution in [0.25, 0.3) is 5.69 Å². The van der Waals surface area contributed by atoms with Gasteiger partial charge in [0, 0.05) is 11.6 Å². The summed E-state index contributed by atoms with van der Waals surface area (Å²) in [5.41, 5.74) is 5.23. The van der Waals surface area contributed by atoms with Crippen molar-refractivity contribution < 1.29 is 4.79 Å². The molecule has 25 heavy (non-hydrogen) atoms. The number of hydrogen-bond donors (Lipinski definition) is 1. The van der Waals surface area contributed by atoms with Crippen molar-refractivity contribution in [2.24, 2.45) is 0 Å². The Balaban J connectivity index is 1.70. The molecule has 1 aromatic heterocycles. The fourth-order valence-corrected chi connectivity index (χ4v) is 2.99. The van der Waals surface area contributed by atoms with Crippen molar-refractivity contribution in [3.63, 3.8) is 0 Å². The molecule has 1 heterocycles. The first-order valence-corrected chi connectivity index (χ1v) is 8.53. The first-order valence-electron chi connectivity index (χ1n) is 8.53. The van der Waals surface area contributed by atoms with Crippen LogP contribution in [0.3, 0.4) is 0 Å². The Morgan fingerprint density at radius 1 is 1.12 bits per heavy atom. The lowest BCUT2D eigenvalue weighted by atomic mass is 10.1. The maximum atomic E-state index is 12.8. The molecule has 0 saturated heterocycles. The summed E-state index contributed by atoms with van der Waals surface area (Å²) in [6.07, 6.45) is 2.15. The van der Waals surface area contributed by atoms with E-state index in [4.69, 9.17) is 0 Å². The van der Waals surface area contributed by atoms with Crippen molar-refractivity contribution in [3.8, 4) is 5.69 Å². The molecular weight excluding hydrogens is 312 g/mol. The van der Waals surface area contributed by atoms with Crippen LogP contribution in [-0.4, -0.2) is 20.9 Å². The fraction of sp³-hybridized carbons (Fsp3) is 0.250. The summed E-state index contributed by atoms with van der Waals surface area (Å²) in [5, 5.41) is 11.5. The number of amides is 1. The lowest BCUT2D eigenvalue weighted by molar-refractivity contribution is 0.102.